The first kappa shape index (κ1) is 22.8. The number of fused-ring (bicyclic) bond motifs is 1. The molecule has 0 aliphatic carbocycles. The molecule has 0 radical (unpaired) electrons. The molecule has 0 unspecified atom stereocenters. The van der Waals surface area contributed by atoms with Gasteiger partial charge in [-0.25, -0.2) is 9.67 Å². The van der Waals surface area contributed by atoms with Gasteiger partial charge in [0.05, 0.1) is 43.2 Å². The number of aromatic nitrogens is 6. The molecule has 11 nitrogen and oxygen atoms in total. The standard InChI is InChI=1S/C24H29N9O2/c1-30(2)22(34)6-7-32-17-20(15-26-32)28-24-25-13-19-14-27-33(23(19)29-24)16-18-4-3-5-21(12-18)31-8-10-35-11-9-31/h3-5,12-15,17H,6-11,16H2,1-2H3,(H,25,28,29). The van der Waals surface area contributed by atoms with E-state index >= 15 is 0 Å². The molecule has 0 saturated carbocycles. The fourth-order valence-corrected chi connectivity index (χ4v) is 4.00. The van der Waals surface area contributed by atoms with Crippen molar-refractivity contribution in [1.29, 1.82) is 0 Å². The van der Waals surface area contributed by atoms with Crippen LogP contribution in [0, 0.1) is 0 Å². The van der Waals surface area contributed by atoms with E-state index < -0.39 is 0 Å². The Morgan fingerprint density at radius 2 is 2.00 bits per heavy atom. The van der Waals surface area contributed by atoms with Gasteiger partial charge < -0.3 is 19.9 Å². The van der Waals surface area contributed by atoms with Crippen LogP contribution in [0.5, 0.6) is 0 Å². The highest BCUT2D eigenvalue weighted by atomic mass is 16.5. The van der Waals surface area contributed by atoms with Crippen LogP contribution in [-0.4, -0.2) is 80.7 Å². The second-order valence-electron chi connectivity index (χ2n) is 8.70. The predicted molar refractivity (Wildman–Crippen MR) is 133 cm³/mol. The monoisotopic (exact) mass is 475 g/mol. The van der Waals surface area contributed by atoms with Gasteiger partial charge in [-0.3, -0.25) is 9.48 Å². The largest absolute Gasteiger partial charge is 0.378 e. The first-order chi connectivity index (χ1) is 17.0. The summed E-state index contributed by atoms with van der Waals surface area (Å²) in [6, 6.07) is 8.52. The van der Waals surface area contributed by atoms with Gasteiger partial charge in [0.2, 0.25) is 11.9 Å². The van der Waals surface area contributed by atoms with Gasteiger partial charge in [-0.05, 0) is 17.7 Å². The zero-order valence-electron chi connectivity index (χ0n) is 20.0. The van der Waals surface area contributed by atoms with Crippen molar-refractivity contribution in [3.8, 4) is 0 Å². The molecule has 11 heteroatoms. The third-order valence-corrected chi connectivity index (χ3v) is 5.94. The highest BCUT2D eigenvalue weighted by Crippen LogP contribution is 2.20. The van der Waals surface area contributed by atoms with E-state index in [0.717, 1.165) is 48.6 Å². The molecule has 1 N–H and O–H groups in total. The summed E-state index contributed by atoms with van der Waals surface area (Å²) in [6.45, 7) is 4.43. The van der Waals surface area contributed by atoms with Crippen molar-refractivity contribution in [2.45, 2.75) is 19.5 Å². The summed E-state index contributed by atoms with van der Waals surface area (Å²) in [5.74, 6) is 0.526. The van der Waals surface area contributed by atoms with Gasteiger partial charge in [-0.2, -0.15) is 15.2 Å². The molecule has 0 atom stereocenters. The lowest BCUT2D eigenvalue weighted by Crippen LogP contribution is -2.36. The van der Waals surface area contributed by atoms with Crippen LogP contribution in [0.25, 0.3) is 11.0 Å². The summed E-state index contributed by atoms with van der Waals surface area (Å²) in [5.41, 5.74) is 3.86. The van der Waals surface area contributed by atoms with E-state index in [2.05, 4.69) is 49.7 Å². The first-order valence-corrected chi connectivity index (χ1v) is 11.6. The maximum absolute atomic E-state index is 11.8. The van der Waals surface area contributed by atoms with E-state index in [0.29, 0.717) is 25.5 Å². The maximum Gasteiger partial charge on any atom is 0.229 e. The summed E-state index contributed by atoms with van der Waals surface area (Å²) >= 11 is 0. The Balaban J connectivity index is 1.29. The highest BCUT2D eigenvalue weighted by molar-refractivity contribution is 5.76. The molecule has 35 heavy (non-hydrogen) atoms. The fourth-order valence-electron chi connectivity index (χ4n) is 4.00. The van der Waals surface area contributed by atoms with Crippen LogP contribution in [0.3, 0.4) is 0 Å². The Bertz CT molecular complexity index is 1310. The number of nitrogens with one attached hydrogen (secondary N) is 1. The molecule has 4 aromatic rings. The molecular formula is C24H29N9O2. The molecule has 182 valence electrons. The van der Waals surface area contributed by atoms with E-state index in [-0.39, 0.29) is 5.91 Å². The van der Waals surface area contributed by atoms with Gasteiger partial charge in [-0.15, -0.1) is 0 Å². The van der Waals surface area contributed by atoms with E-state index in [9.17, 15) is 4.79 Å². The van der Waals surface area contributed by atoms with Crippen molar-refractivity contribution < 1.29 is 9.53 Å². The minimum Gasteiger partial charge on any atom is -0.378 e. The van der Waals surface area contributed by atoms with E-state index in [1.165, 1.54) is 5.69 Å². The number of nitrogens with zero attached hydrogens (tertiary/aromatic N) is 8. The van der Waals surface area contributed by atoms with E-state index in [1.807, 2.05) is 10.9 Å². The third kappa shape index (κ3) is 5.40. The van der Waals surface area contributed by atoms with Crippen LogP contribution in [0.15, 0.2) is 49.1 Å². The van der Waals surface area contributed by atoms with Gasteiger partial charge >= 0.3 is 0 Å². The summed E-state index contributed by atoms with van der Waals surface area (Å²) in [5, 5.41) is 12.9. The van der Waals surface area contributed by atoms with Crippen molar-refractivity contribution in [3.63, 3.8) is 0 Å². The second kappa shape index (κ2) is 10.1. The number of amides is 1. The normalized spacial score (nSPS) is 13.8. The number of rotatable bonds is 8. The van der Waals surface area contributed by atoms with Crippen LogP contribution in [0.1, 0.15) is 12.0 Å². The molecule has 5 rings (SSSR count). The number of morpholine rings is 1. The van der Waals surface area contributed by atoms with Crippen molar-refractivity contribution in [2.24, 2.45) is 0 Å². The van der Waals surface area contributed by atoms with Crippen molar-refractivity contribution in [2.75, 3.05) is 50.6 Å². The average molecular weight is 476 g/mol. The van der Waals surface area contributed by atoms with Crippen molar-refractivity contribution >= 4 is 34.3 Å². The van der Waals surface area contributed by atoms with E-state index in [1.54, 1.807) is 42.3 Å². The van der Waals surface area contributed by atoms with Gasteiger partial charge in [0.25, 0.3) is 0 Å². The van der Waals surface area contributed by atoms with Crippen molar-refractivity contribution in [3.05, 3.63) is 54.6 Å². The average Bonchev–Trinajstić information content (AvgIpc) is 3.50. The SMILES string of the molecule is CN(C)C(=O)CCn1cc(Nc2ncc3cnn(Cc4cccc(N5CCOCC5)c4)c3n2)cn1. The van der Waals surface area contributed by atoms with Crippen LogP contribution < -0.4 is 10.2 Å². The van der Waals surface area contributed by atoms with E-state index in [4.69, 9.17) is 9.72 Å². The molecule has 1 saturated heterocycles. The zero-order chi connectivity index (χ0) is 24.2. The number of benzene rings is 1. The minimum absolute atomic E-state index is 0.0625. The van der Waals surface area contributed by atoms with Gasteiger partial charge in [0.15, 0.2) is 5.65 Å². The molecule has 1 aromatic carbocycles. The number of aryl methyl sites for hydroxylation is 1. The lowest BCUT2D eigenvalue weighted by Gasteiger charge is -2.29. The topological polar surface area (TPSA) is 106 Å². The molecular weight excluding hydrogens is 446 g/mol. The molecule has 1 aliphatic rings. The number of carbonyl (C=O) groups is 1. The molecule has 4 heterocycles. The lowest BCUT2D eigenvalue weighted by molar-refractivity contribution is -0.128. The molecule has 0 spiro atoms. The summed E-state index contributed by atoms with van der Waals surface area (Å²) in [6.07, 6.45) is 7.47. The summed E-state index contributed by atoms with van der Waals surface area (Å²) < 4.78 is 9.09. The Hall–Kier alpha value is -3.99. The Labute approximate surface area is 203 Å². The first-order valence-electron chi connectivity index (χ1n) is 11.6. The van der Waals surface area contributed by atoms with Gasteiger partial charge in [-0.1, -0.05) is 12.1 Å². The fraction of sp³-hybridized carbons (Fsp3) is 0.375. The highest BCUT2D eigenvalue weighted by Gasteiger charge is 2.13. The van der Waals surface area contributed by atoms with Crippen molar-refractivity contribution in [1.82, 2.24) is 34.4 Å². The van der Waals surface area contributed by atoms with Crippen LogP contribution >= 0.6 is 0 Å². The zero-order valence-corrected chi connectivity index (χ0v) is 20.0. The summed E-state index contributed by atoms with van der Waals surface area (Å²) in [4.78, 5) is 24.8. The Morgan fingerprint density at radius 1 is 1.14 bits per heavy atom. The second-order valence-corrected chi connectivity index (χ2v) is 8.70. The molecule has 0 bridgehead atoms. The minimum atomic E-state index is 0.0625. The molecule has 1 fully saturated rings. The number of anilines is 3. The van der Waals surface area contributed by atoms with Crippen LogP contribution in [0.4, 0.5) is 17.3 Å². The number of hydrogen-bond acceptors (Lipinski definition) is 8. The smallest absolute Gasteiger partial charge is 0.229 e. The molecule has 1 amide bonds. The van der Waals surface area contributed by atoms with Gasteiger partial charge in [0, 0.05) is 58.2 Å². The molecule has 3 aromatic heterocycles. The number of ether oxygens (including phenoxy) is 1. The van der Waals surface area contributed by atoms with Crippen LogP contribution in [0.2, 0.25) is 0 Å². The molecule has 1 aliphatic heterocycles. The number of carbonyl (C=O) groups excluding carboxylic acids is 1. The Morgan fingerprint density at radius 3 is 2.83 bits per heavy atom. The van der Waals surface area contributed by atoms with Gasteiger partial charge in [0.1, 0.15) is 0 Å². The predicted octanol–water partition coefficient (Wildman–Crippen LogP) is 2.13. The Kier molecular flexibility index (Phi) is 6.57. The quantitative estimate of drug-likeness (QED) is 0.413. The van der Waals surface area contributed by atoms with Crippen LogP contribution in [-0.2, 0) is 22.6 Å². The maximum atomic E-state index is 11.8. The lowest BCUT2D eigenvalue weighted by atomic mass is 10.2. The number of hydrogen-bond donors (Lipinski definition) is 1. The summed E-state index contributed by atoms with van der Waals surface area (Å²) in [7, 11) is 3.49. The third-order valence-electron chi connectivity index (χ3n) is 5.94.